The van der Waals surface area contributed by atoms with Crippen molar-refractivity contribution >= 4 is 5.91 Å². The Morgan fingerprint density at radius 2 is 1.67 bits per heavy atom. The number of benzene rings is 1. The Bertz CT molecular complexity index is 641. The van der Waals surface area contributed by atoms with Crippen molar-refractivity contribution in [3.63, 3.8) is 0 Å². The Hall–Kier alpha value is -1.79. The summed E-state index contributed by atoms with van der Waals surface area (Å²) in [5.41, 5.74) is -0.0815. The lowest BCUT2D eigenvalue weighted by atomic mass is 9.80. The molecular formula is C18H23NO5. The first kappa shape index (κ1) is 15.7. The normalized spacial score (nSPS) is 29.9. The number of carbonyl (C=O) groups is 1. The summed E-state index contributed by atoms with van der Waals surface area (Å²) in [5, 5.41) is 0. The monoisotopic (exact) mass is 333 g/mol. The molecule has 1 amide bonds. The Morgan fingerprint density at radius 1 is 1.08 bits per heavy atom. The molecule has 24 heavy (non-hydrogen) atoms. The van der Waals surface area contributed by atoms with Crippen LogP contribution >= 0.6 is 0 Å². The van der Waals surface area contributed by atoms with Crippen LogP contribution in [0.1, 0.15) is 20.8 Å². The average molecular weight is 333 g/mol. The van der Waals surface area contributed by atoms with Crippen LogP contribution in [-0.2, 0) is 14.3 Å². The molecule has 0 unspecified atom stereocenters. The Balaban J connectivity index is 1.40. The van der Waals surface area contributed by atoms with Gasteiger partial charge in [-0.3, -0.25) is 4.79 Å². The number of hydrogen-bond donors (Lipinski definition) is 0. The van der Waals surface area contributed by atoms with Crippen LogP contribution in [0.15, 0.2) is 24.3 Å². The van der Waals surface area contributed by atoms with Crippen LogP contribution < -0.4 is 9.47 Å². The Morgan fingerprint density at radius 3 is 2.29 bits per heavy atom. The second-order valence-electron chi connectivity index (χ2n) is 7.48. The van der Waals surface area contributed by atoms with E-state index < -0.39 is 11.9 Å². The van der Waals surface area contributed by atoms with E-state index in [-0.39, 0.29) is 17.4 Å². The molecule has 130 valence electrons. The number of nitrogens with zero attached hydrogens (tertiary/aromatic N) is 1. The molecule has 3 aliphatic heterocycles. The van der Waals surface area contributed by atoms with Crippen LogP contribution in [0, 0.1) is 5.41 Å². The number of ether oxygens (including phenoxy) is 4. The maximum Gasteiger partial charge on any atom is 0.267 e. The Kier molecular flexibility index (Phi) is 3.51. The minimum absolute atomic E-state index is 0.0348. The van der Waals surface area contributed by atoms with E-state index in [2.05, 4.69) is 0 Å². The van der Waals surface area contributed by atoms with Crippen molar-refractivity contribution in [2.24, 2.45) is 5.41 Å². The van der Waals surface area contributed by atoms with Gasteiger partial charge in [0.25, 0.3) is 5.91 Å². The van der Waals surface area contributed by atoms with Gasteiger partial charge in [-0.1, -0.05) is 12.1 Å². The lowest BCUT2D eigenvalue weighted by Gasteiger charge is -2.54. The molecule has 2 atom stereocenters. The molecule has 0 saturated carbocycles. The second-order valence-corrected chi connectivity index (χ2v) is 7.48. The minimum atomic E-state index is -0.612. The van der Waals surface area contributed by atoms with Crippen molar-refractivity contribution in [3.05, 3.63) is 24.3 Å². The number of fused-ring (bicyclic) bond motifs is 1. The highest BCUT2D eigenvalue weighted by molar-refractivity contribution is 5.83. The third kappa shape index (κ3) is 2.63. The molecule has 4 rings (SSSR count). The van der Waals surface area contributed by atoms with E-state index in [0.29, 0.717) is 37.8 Å². The molecular weight excluding hydrogens is 310 g/mol. The SMILES string of the molecule is C[C@@H]1Oc2ccccc2O[C@@H]1C(=O)N1CC2(COC(C)(C)OC2)C1. The average Bonchev–Trinajstić information content (AvgIpc) is 2.52. The first-order valence-electron chi connectivity index (χ1n) is 8.37. The van der Waals surface area contributed by atoms with E-state index >= 15 is 0 Å². The minimum Gasteiger partial charge on any atom is -0.482 e. The molecule has 0 radical (unpaired) electrons. The van der Waals surface area contributed by atoms with Gasteiger partial charge in [-0.05, 0) is 32.9 Å². The quantitative estimate of drug-likeness (QED) is 0.785. The lowest BCUT2D eigenvalue weighted by molar-refractivity contribution is -0.303. The van der Waals surface area contributed by atoms with Crippen molar-refractivity contribution in [2.45, 2.75) is 38.8 Å². The van der Waals surface area contributed by atoms with Gasteiger partial charge >= 0.3 is 0 Å². The molecule has 0 aromatic heterocycles. The van der Waals surface area contributed by atoms with Gasteiger partial charge in [-0.2, -0.15) is 0 Å². The fourth-order valence-electron chi connectivity index (χ4n) is 3.41. The molecule has 3 aliphatic rings. The van der Waals surface area contributed by atoms with Gasteiger partial charge in [-0.15, -0.1) is 0 Å². The van der Waals surface area contributed by atoms with Gasteiger partial charge in [0.05, 0.1) is 18.6 Å². The van der Waals surface area contributed by atoms with Crippen LogP contribution in [0.3, 0.4) is 0 Å². The predicted octanol–water partition coefficient (Wildman–Crippen LogP) is 1.83. The van der Waals surface area contributed by atoms with Crippen molar-refractivity contribution < 1.29 is 23.7 Å². The molecule has 2 saturated heterocycles. The number of hydrogen-bond acceptors (Lipinski definition) is 5. The topological polar surface area (TPSA) is 57.2 Å². The number of rotatable bonds is 1. The molecule has 0 bridgehead atoms. The summed E-state index contributed by atoms with van der Waals surface area (Å²) in [6, 6.07) is 7.44. The molecule has 1 spiro atoms. The van der Waals surface area contributed by atoms with E-state index in [4.69, 9.17) is 18.9 Å². The third-order valence-corrected chi connectivity index (χ3v) is 4.90. The van der Waals surface area contributed by atoms with Gasteiger partial charge in [0.15, 0.2) is 17.3 Å². The lowest BCUT2D eigenvalue weighted by Crippen LogP contribution is -2.68. The standard InChI is InChI=1S/C18H23NO5/c1-12-15(24-14-7-5-4-6-13(14)23-12)16(20)19-8-18(9-19)10-21-17(2,3)22-11-18/h4-7,12,15H,8-11H2,1-3H3/t12-,15-/m0/s1. The molecule has 0 aliphatic carbocycles. The molecule has 1 aromatic rings. The summed E-state index contributed by atoms with van der Waals surface area (Å²) in [6.45, 7) is 8.19. The van der Waals surface area contributed by atoms with Crippen molar-refractivity contribution in [3.8, 4) is 11.5 Å². The molecule has 3 heterocycles. The summed E-state index contributed by atoms with van der Waals surface area (Å²) in [4.78, 5) is 14.6. The maximum absolute atomic E-state index is 12.8. The summed E-state index contributed by atoms with van der Waals surface area (Å²) in [5.74, 6) is 0.738. The highest BCUT2D eigenvalue weighted by Crippen LogP contribution is 2.39. The predicted molar refractivity (Wildman–Crippen MR) is 85.9 cm³/mol. The molecule has 2 fully saturated rings. The smallest absolute Gasteiger partial charge is 0.267 e. The van der Waals surface area contributed by atoms with Gasteiger partial charge in [0, 0.05) is 13.1 Å². The second kappa shape index (κ2) is 5.36. The highest BCUT2D eigenvalue weighted by Gasteiger charge is 2.52. The third-order valence-electron chi connectivity index (χ3n) is 4.90. The van der Waals surface area contributed by atoms with E-state index in [1.54, 1.807) is 0 Å². The van der Waals surface area contributed by atoms with E-state index in [1.165, 1.54) is 0 Å². The summed E-state index contributed by atoms with van der Waals surface area (Å²) < 4.78 is 23.2. The summed E-state index contributed by atoms with van der Waals surface area (Å²) >= 11 is 0. The first-order chi connectivity index (χ1) is 11.4. The van der Waals surface area contributed by atoms with Crippen molar-refractivity contribution in [1.82, 2.24) is 4.90 Å². The zero-order valence-corrected chi connectivity index (χ0v) is 14.3. The van der Waals surface area contributed by atoms with E-state index in [0.717, 1.165) is 0 Å². The van der Waals surface area contributed by atoms with Gasteiger partial charge < -0.3 is 23.8 Å². The van der Waals surface area contributed by atoms with Crippen LogP contribution in [-0.4, -0.2) is 55.1 Å². The largest absolute Gasteiger partial charge is 0.482 e. The zero-order chi connectivity index (χ0) is 16.9. The summed E-state index contributed by atoms with van der Waals surface area (Å²) in [6.07, 6.45) is -0.930. The molecule has 0 N–H and O–H groups in total. The van der Waals surface area contributed by atoms with Crippen LogP contribution in [0.5, 0.6) is 11.5 Å². The zero-order valence-electron chi connectivity index (χ0n) is 14.3. The van der Waals surface area contributed by atoms with Gasteiger partial charge in [-0.25, -0.2) is 0 Å². The van der Waals surface area contributed by atoms with E-state index in [1.807, 2.05) is 49.9 Å². The summed E-state index contributed by atoms with van der Waals surface area (Å²) in [7, 11) is 0. The maximum atomic E-state index is 12.8. The number of amides is 1. The van der Waals surface area contributed by atoms with Crippen molar-refractivity contribution in [2.75, 3.05) is 26.3 Å². The first-order valence-corrected chi connectivity index (χ1v) is 8.37. The van der Waals surface area contributed by atoms with Crippen LogP contribution in [0.4, 0.5) is 0 Å². The van der Waals surface area contributed by atoms with Gasteiger partial charge in [0.2, 0.25) is 6.10 Å². The van der Waals surface area contributed by atoms with Crippen molar-refractivity contribution in [1.29, 1.82) is 0 Å². The molecule has 1 aromatic carbocycles. The molecule has 6 nitrogen and oxygen atoms in total. The van der Waals surface area contributed by atoms with Gasteiger partial charge in [0.1, 0.15) is 6.10 Å². The highest BCUT2D eigenvalue weighted by atomic mass is 16.7. The van der Waals surface area contributed by atoms with E-state index in [9.17, 15) is 4.79 Å². The van der Waals surface area contributed by atoms with Crippen LogP contribution in [0.25, 0.3) is 0 Å². The fraction of sp³-hybridized carbons (Fsp3) is 0.611. The number of para-hydroxylation sites is 2. The number of likely N-dealkylation sites (tertiary alicyclic amines) is 1. The number of carbonyl (C=O) groups excluding carboxylic acids is 1. The van der Waals surface area contributed by atoms with Crippen LogP contribution in [0.2, 0.25) is 0 Å². The fourth-order valence-corrected chi connectivity index (χ4v) is 3.41. The molecule has 6 heteroatoms. The Labute approximate surface area is 141 Å².